The summed E-state index contributed by atoms with van der Waals surface area (Å²) in [7, 11) is 0. The van der Waals surface area contributed by atoms with Gasteiger partial charge in [-0.1, -0.05) is 12.1 Å². The summed E-state index contributed by atoms with van der Waals surface area (Å²) in [6, 6.07) is 15.1. The molecule has 0 saturated carbocycles. The number of nitrogens with zero attached hydrogens (tertiary/aromatic N) is 2. The lowest BCUT2D eigenvalue weighted by Crippen LogP contribution is -2.30. The molecule has 1 aliphatic heterocycles. The van der Waals surface area contributed by atoms with Crippen molar-refractivity contribution in [2.45, 2.75) is 18.1 Å². The molecule has 0 radical (unpaired) electrons. The Labute approximate surface area is 143 Å². The summed E-state index contributed by atoms with van der Waals surface area (Å²) in [5.41, 5.74) is 2.13. The molecule has 1 aromatic heterocycles. The van der Waals surface area contributed by atoms with Crippen molar-refractivity contribution >= 4 is 17.7 Å². The van der Waals surface area contributed by atoms with Crippen LogP contribution in [-0.2, 0) is 10.5 Å². The Hall–Kier alpha value is -2.96. The van der Waals surface area contributed by atoms with Crippen LogP contribution in [0.5, 0.6) is 0 Å². The third-order valence-corrected chi connectivity index (χ3v) is 4.80. The van der Waals surface area contributed by atoms with Gasteiger partial charge in [0.2, 0.25) is 5.91 Å². The monoisotopic (exact) mass is 335 g/mol. The van der Waals surface area contributed by atoms with Gasteiger partial charge in [0.25, 0.3) is 0 Å². The summed E-state index contributed by atoms with van der Waals surface area (Å²) >= 11 is 1.40. The molecule has 3 rings (SSSR count). The van der Waals surface area contributed by atoms with E-state index in [1.165, 1.54) is 11.8 Å². The largest absolute Gasteiger partial charge is 0.469 e. The van der Waals surface area contributed by atoms with Crippen LogP contribution < -0.4 is 5.32 Å². The first-order valence-electron chi connectivity index (χ1n) is 7.30. The van der Waals surface area contributed by atoms with Crippen molar-refractivity contribution in [3.63, 3.8) is 0 Å². The van der Waals surface area contributed by atoms with Gasteiger partial charge in [-0.25, -0.2) is 0 Å². The molecule has 0 fully saturated rings. The number of allylic oxidation sites excluding steroid dienone is 1. The standard InChI is InChI=1S/C18H13N3O2S/c19-9-12-3-5-13(6-4-12)11-24-18-15(10-20)14(8-17(22)21-18)16-2-1-7-23-16/h1-7,14H,8,11H2,(H,21,22). The van der Waals surface area contributed by atoms with Crippen molar-refractivity contribution in [2.75, 3.05) is 0 Å². The van der Waals surface area contributed by atoms with E-state index >= 15 is 0 Å². The maximum Gasteiger partial charge on any atom is 0.225 e. The average molecular weight is 335 g/mol. The molecule has 2 aromatic rings. The highest BCUT2D eigenvalue weighted by atomic mass is 32.2. The van der Waals surface area contributed by atoms with Gasteiger partial charge in [-0.15, -0.1) is 11.8 Å². The van der Waals surface area contributed by atoms with E-state index in [2.05, 4.69) is 17.5 Å². The SMILES string of the molecule is N#CC1=C(SCc2ccc(C#N)cc2)NC(=O)CC1c1ccco1. The Morgan fingerprint density at radius 3 is 2.62 bits per heavy atom. The van der Waals surface area contributed by atoms with E-state index in [1.807, 2.05) is 12.1 Å². The van der Waals surface area contributed by atoms with Crippen molar-refractivity contribution in [1.82, 2.24) is 5.32 Å². The molecule has 1 unspecified atom stereocenters. The minimum atomic E-state index is -0.345. The van der Waals surface area contributed by atoms with E-state index in [0.717, 1.165) is 5.56 Å². The van der Waals surface area contributed by atoms with Gasteiger partial charge in [0.15, 0.2) is 0 Å². The molecule has 1 aliphatic rings. The van der Waals surface area contributed by atoms with Crippen LogP contribution in [-0.4, -0.2) is 5.91 Å². The maximum absolute atomic E-state index is 12.0. The number of benzene rings is 1. The van der Waals surface area contributed by atoms with Gasteiger partial charge in [0, 0.05) is 12.2 Å². The molecule has 24 heavy (non-hydrogen) atoms. The smallest absolute Gasteiger partial charge is 0.225 e. The molecule has 1 atom stereocenters. The summed E-state index contributed by atoms with van der Waals surface area (Å²) in [6.45, 7) is 0. The topological polar surface area (TPSA) is 89.8 Å². The van der Waals surface area contributed by atoms with Gasteiger partial charge >= 0.3 is 0 Å². The van der Waals surface area contributed by atoms with Gasteiger partial charge in [0.05, 0.1) is 40.5 Å². The fraction of sp³-hybridized carbons (Fsp3) is 0.167. The van der Waals surface area contributed by atoms with Crippen LogP contribution >= 0.6 is 11.8 Å². The number of carbonyl (C=O) groups excluding carboxylic acids is 1. The Morgan fingerprint density at radius 1 is 1.21 bits per heavy atom. The molecule has 0 aliphatic carbocycles. The first-order valence-corrected chi connectivity index (χ1v) is 8.29. The average Bonchev–Trinajstić information content (AvgIpc) is 3.14. The van der Waals surface area contributed by atoms with E-state index < -0.39 is 0 Å². The highest BCUT2D eigenvalue weighted by Crippen LogP contribution is 2.36. The van der Waals surface area contributed by atoms with Crippen molar-refractivity contribution in [2.24, 2.45) is 0 Å². The second kappa shape index (κ2) is 7.08. The molecule has 6 heteroatoms. The number of furan rings is 1. The fourth-order valence-electron chi connectivity index (χ4n) is 2.50. The molecule has 1 aromatic carbocycles. The van der Waals surface area contributed by atoms with Crippen LogP contribution in [0.2, 0.25) is 0 Å². The van der Waals surface area contributed by atoms with E-state index in [0.29, 0.717) is 27.7 Å². The van der Waals surface area contributed by atoms with Gasteiger partial charge in [-0.3, -0.25) is 4.79 Å². The van der Waals surface area contributed by atoms with Crippen molar-refractivity contribution in [3.8, 4) is 12.1 Å². The second-order valence-corrected chi connectivity index (χ2v) is 6.26. The van der Waals surface area contributed by atoms with Crippen molar-refractivity contribution < 1.29 is 9.21 Å². The third kappa shape index (κ3) is 3.34. The van der Waals surface area contributed by atoms with Crippen molar-refractivity contribution in [1.29, 1.82) is 10.5 Å². The Morgan fingerprint density at radius 2 is 2.00 bits per heavy atom. The minimum absolute atomic E-state index is 0.127. The number of amides is 1. The first-order chi connectivity index (χ1) is 11.7. The molecular formula is C18H13N3O2S. The lowest BCUT2D eigenvalue weighted by Gasteiger charge is -2.23. The van der Waals surface area contributed by atoms with E-state index in [4.69, 9.17) is 9.68 Å². The van der Waals surface area contributed by atoms with E-state index in [1.54, 1.807) is 30.5 Å². The molecule has 118 valence electrons. The first kappa shape index (κ1) is 15.9. The molecule has 0 saturated heterocycles. The second-order valence-electron chi connectivity index (χ2n) is 5.27. The summed E-state index contributed by atoms with van der Waals surface area (Å²) in [4.78, 5) is 12.0. The number of thioether (sulfide) groups is 1. The molecule has 0 bridgehead atoms. The van der Waals surface area contributed by atoms with Gasteiger partial charge in [0.1, 0.15) is 5.76 Å². The zero-order valence-electron chi connectivity index (χ0n) is 12.7. The van der Waals surface area contributed by atoms with Gasteiger partial charge in [-0.05, 0) is 29.8 Å². The van der Waals surface area contributed by atoms with Crippen LogP contribution in [0.15, 0.2) is 57.7 Å². The lowest BCUT2D eigenvalue weighted by atomic mass is 9.92. The predicted molar refractivity (Wildman–Crippen MR) is 89.3 cm³/mol. The summed E-state index contributed by atoms with van der Waals surface area (Å²) in [5, 5.41) is 21.7. The molecular weight excluding hydrogens is 322 g/mol. The van der Waals surface area contributed by atoms with Crippen LogP contribution in [0, 0.1) is 22.7 Å². The van der Waals surface area contributed by atoms with E-state index in [9.17, 15) is 10.1 Å². The molecule has 5 nitrogen and oxygen atoms in total. The summed E-state index contributed by atoms with van der Waals surface area (Å²) in [5.74, 6) is 0.745. The highest BCUT2D eigenvalue weighted by Gasteiger charge is 2.31. The maximum atomic E-state index is 12.0. The lowest BCUT2D eigenvalue weighted by molar-refractivity contribution is -0.120. The Bertz CT molecular complexity index is 855. The number of hydrogen-bond acceptors (Lipinski definition) is 5. The summed E-state index contributed by atoms with van der Waals surface area (Å²) in [6.07, 6.45) is 1.75. The Balaban J connectivity index is 1.82. The third-order valence-electron chi connectivity index (χ3n) is 3.71. The Kier molecular flexibility index (Phi) is 4.69. The van der Waals surface area contributed by atoms with Gasteiger partial charge in [-0.2, -0.15) is 10.5 Å². The van der Waals surface area contributed by atoms with Crippen LogP contribution in [0.1, 0.15) is 29.2 Å². The number of nitrogens with one attached hydrogen (secondary N) is 1. The predicted octanol–water partition coefficient (Wildman–Crippen LogP) is 3.42. The molecule has 2 heterocycles. The van der Waals surface area contributed by atoms with Gasteiger partial charge < -0.3 is 9.73 Å². The number of carbonyl (C=O) groups is 1. The highest BCUT2D eigenvalue weighted by molar-refractivity contribution is 8.02. The van der Waals surface area contributed by atoms with E-state index in [-0.39, 0.29) is 18.2 Å². The number of nitriles is 2. The van der Waals surface area contributed by atoms with Crippen LogP contribution in [0.4, 0.5) is 0 Å². The zero-order valence-corrected chi connectivity index (χ0v) is 13.5. The normalized spacial score (nSPS) is 17.1. The number of rotatable bonds is 4. The summed E-state index contributed by atoms with van der Waals surface area (Å²) < 4.78 is 5.38. The molecule has 0 spiro atoms. The fourth-order valence-corrected chi connectivity index (χ4v) is 3.53. The van der Waals surface area contributed by atoms with Crippen LogP contribution in [0.3, 0.4) is 0 Å². The minimum Gasteiger partial charge on any atom is -0.469 e. The quantitative estimate of drug-likeness (QED) is 0.924. The number of hydrogen-bond donors (Lipinski definition) is 1. The molecule has 1 N–H and O–H groups in total. The molecule has 1 amide bonds. The zero-order chi connectivity index (χ0) is 16.9. The van der Waals surface area contributed by atoms with Crippen LogP contribution in [0.25, 0.3) is 0 Å². The van der Waals surface area contributed by atoms with Crippen molar-refractivity contribution in [3.05, 3.63) is 70.2 Å².